The van der Waals surface area contributed by atoms with E-state index in [2.05, 4.69) is 5.32 Å². The third kappa shape index (κ3) is 5.19. The van der Waals surface area contributed by atoms with Gasteiger partial charge in [0.1, 0.15) is 0 Å². The van der Waals surface area contributed by atoms with Gasteiger partial charge in [0.15, 0.2) is 0 Å². The summed E-state index contributed by atoms with van der Waals surface area (Å²) in [5.74, 6) is 0.0829. The van der Waals surface area contributed by atoms with Crippen LogP contribution in [-0.2, 0) is 4.79 Å². The monoisotopic (exact) mass is 201 g/mol. The molecule has 0 radical (unpaired) electrons. The maximum atomic E-state index is 11.6. The lowest BCUT2D eigenvalue weighted by molar-refractivity contribution is -0.125. The van der Waals surface area contributed by atoms with Crippen molar-refractivity contribution in [2.24, 2.45) is 5.73 Å². The standard InChI is InChI=1S/C10H23N3O/c1-8(2)12-10(14)9(3)13(4)7-5-6-11/h8-9H,5-7,11H2,1-4H3,(H,12,14). The molecule has 0 heterocycles. The van der Waals surface area contributed by atoms with E-state index >= 15 is 0 Å². The van der Waals surface area contributed by atoms with Crippen LogP contribution in [0.5, 0.6) is 0 Å². The molecule has 0 saturated carbocycles. The molecule has 0 fully saturated rings. The Morgan fingerprint density at radius 2 is 2.00 bits per heavy atom. The minimum Gasteiger partial charge on any atom is -0.353 e. The number of nitrogens with two attached hydrogens (primary N) is 1. The van der Waals surface area contributed by atoms with E-state index in [-0.39, 0.29) is 18.0 Å². The van der Waals surface area contributed by atoms with Crippen LogP contribution >= 0.6 is 0 Å². The molecule has 84 valence electrons. The van der Waals surface area contributed by atoms with Crippen LogP contribution in [0.25, 0.3) is 0 Å². The first kappa shape index (κ1) is 13.4. The molecular formula is C10H23N3O. The van der Waals surface area contributed by atoms with Crippen molar-refractivity contribution in [3.8, 4) is 0 Å². The highest BCUT2D eigenvalue weighted by molar-refractivity contribution is 5.81. The lowest BCUT2D eigenvalue weighted by atomic mass is 10.2. The van der Waals surface area contributed by atoms with E-state index in [0.29, 0.717) is 6.54 Å². The Bertz CT molecular complexity index is 171. The van der Waals surface area contributed by atoms with Crippen LogP contribution in [-0.4, -0.2) is 43.0 Å². The van der Waals surface area contributed by atoms with E-state index in [9.17, 15) is 4.79 Å². The summed E-state index contributed by atoms with van der Waals surface area (Å²) in [5, 5.41) is 2.89. The number of hydrogen-bond acceptors (Lipinski definition) is 3. The molecule has 14 heavy (non-hydrogen) atoms. The van der Waals surface area contributed by atoms with Gasteiger partial charge in [-0.3, -0.25) is 9.69 Å². The zero-order valence-electron chi connectivity index (χ0n) is 9.71. The fourth-order valence-electron chi connectivity index (χ4n) is 1.14. The third-order valence-corrected chi connectivity index (χ3v) is 2.19. The topological polar surface area (TPSA) is 58.4 Å². The lowest BCUT2D eigenvalue weighted by Gasteiger charge is -2.24. The smallest absolute Gasteiger partial charge is 0.237 e. The number of rotatable bonds is 6. The summed E-state index contributed by atoms with van der Waals surface area (Å²) in [6.45, 7) is 7.37. The molecule has 1 unspecified atom stereocenters. The Hall–Kier alpha value is -0.610. The van der Waals surface area contributed by atoms with E-state index in [1.165, 1.54) is 0 Å². The minimum atomic E-state index is -0.0797. The Balaban J connectivity index is 3.90. The van der Waals surface area contributed by atoms with Gasteiger partial charge in [0.2, 0.25) is 5.91 Å². The molecule has 1 atom stereocenters. The van der Waals surface area contributed by atoms with Gasteiger partial charge in [-0.05, 0) is 47.3 Å². The van der Waals surface area contributed by atoms with Crippen LogP contribution in [0.2, 0.25) is 0 Å². The van der Waals surface area contributed by atoms with Gasteiger partial charge in [-0.1, -0.05) is 0 Å². The molecule has 0 rings (SSSR count). The van der Waals surface area contributed by atoms with Crippen LogP contribution in [0.3, 0.4) is 0 Å². The molecule has 1 amide bonds. The molecule has 3 N–H and O–H groups in total. The van der Waals surface area contributed by atoms with Gasteiger partial charge < -0.3 is 11.1 Å². The van der Waals surface area contributed by atoms with Crippen LogP contribution in [0, 0.1) is 0 Å². The molecule has 0 aliphatic heterocycles. The normalized spacial score (nSPS) is 13.4. The Kier molecular flexibility index (Phi) is 6.49. The second-order valence-corrected chi connectivity index (χ2v) is 3.96. The fourth-order valence-corrected chi connectivity index (χ4v) is 1.14. The Morgan fingerprint density at radius 3 is 2.43 bits per heavy atom. The van der Waals surface area contributed by atoms with Crippen molar-refractivity contribution in [2.75, 3.05) is 20.1 Å². The van der Waals surface area contributed by atoms with Crippen LogP contribution in [0.4, 0.5) is 0 Å². The second kappa shape index (κ2) is 6.79. The summed E-state index contributed by atoms with van der Waals surface area (Å²) in [6, 6.07) is 0.122. The molecule has 0 aliphatic carbocycles. The largest absolute Gasteiger partial charge is 0.353 e. The summed E-state index contributed by atoms with van der Waals surface area (Å²) < 4.78 is 0. The zero-order valence-corrected chi connectivity index (χ0v) is 9.71. The highest BCUT2D eigenvalue weighted by Gasteiger charge is 2.17. The number of carbonyl (C=O) groups excluding carboxylic acids is 1. The predicted octanol–water partition coefficient (Wildman–Crippen LogP) is 0.180. The molecule has 0 bridgehead atoms. The number of likely N-dealkylation sites (N-methyl/N-ethyl adjacent to an activating group) is 1. The van der Waals surface area contributed by atoms with Gasteiger partial charge in [-0.25, -0.2) is 0 Å². The molecule has 0 aliphatic rings. The van der Waals surface area contributed by atoms with E-state index in [1.54, 1.807) is 0 Å². The van der Waals surface area contributed by atoms with Crippen molar-refractivity contribution in [3.05, 3.63) is 0 Å². The molecule has 4 nitrogen and oxygen atoms in total. The number of amides is 1. The van der Waals surface area contributed by atoms with Gasteiger partial charge in [0.25, 0.3) is 0 Å². The molecule has 0 aromatic heterocycles. The molecule has 0 saturated heterocycles. The fraction of sp³-hybridized carbons (Fsp3) is 0.900. The van der Waals surface area contributed by atoms with Crippen molar-refractivity contribution in [1.82, 2.24) is 10.2 Å². The maximum Gasteiger partial charge on any atom is 0.237 e. The number of nitrogens with one attached hydrogen (secondary N) is 1. The first-order valence-electron chi connectivity index (χ1n) is 5.19. The van der Waals surface area contributed by atoms with Crippen LogP contribution in [0.15, 0.2) is 0 Å². The third-order valence-electron chi connectivity index (χ3n) is 2.19. The average molecular weight is 201 g/mol. The Morgan fingerprint density at radius 1 is 1.43 bits per heavy atom. The van der Waals surface area contributed by atoms with Crippen molar-refractivity contribution in [2.45, 2.75) is 39.3 Å². The SMILES string of the molecule is CC(C)NC(=O)C(C)N(C)CCCN. The Labute approximate surface area is 86.8 Å². The predicted molar refractivity (Wildman–Crippen MR) is 59.0 cm³/mol. The van der Waals surface area contributed by atoms with Gasteiger partial charge >= 0.3 is 0 Å². The molecule has 0 aromatic carbocycles. The van der Waals surface area contributed by atoms with Crippen molar-refractivity contribution < 1.29 is 4.79 Å². The summed E-state index contributed by atoms with van der Waals surface area (Å²) in [4.78, 5) is 13.6. The first-order valence-corrected chi connectivity index (χ1v) is 5.19. The van der Waals surface area contributed by atoms with Crippen molar-refractivity contribution >= 4 is 5.91 Å². The van der Waals surface area contributed by atoms with Crippen LogP contribution in [0.1, 0.15) is 27.2 Å². The van der Waals surface area contributed by atoms with E-state index in [0.717, 1.165) is 13.0 Å². The highest BCUT2D eigenvalue weighted by Crippen LogP contribution is 1.97. The summed E-state index contributed by atoms with van der Waals surface area (Å²) in [7, 11) is 1.94. The number of carbonyl (C=O) groups is 1. The zero-order chi connectivity index (χ0) is 11.1. The van der Waals surface area contributed by atoms with E-state index in [1.807, 2.05) is 32.7 Å². The van der Waals surface area contributed by atoms with Gasteiger partial charge in [0, 0.05) is 6.04 Å². The molecular weight excluding hydrogens is 178 g/mol. The quantitative estimate of drug-likeness (QED) is 0.644. The summed E-state index contributed by atoms with van der Waals surface area (Å²) in [6.07, 6.45) is 0.926. The lowest BCUT2D eigenvalue weighted by Crippen LogP contribution is -2.45. The van der Waals surface area contributed by atoms with E-state index in [4.69, 9.17) is 5.73 Å². The van der Waals surface area contributed by atoms with Crippen molar-refractivity contribution in [1.29, 1.82) is 0 Å². The average Bonchev–Trinajstić information content (AvgIpc) is 2.11. The van der Waals surface area contributed by atoms with Crippen LogP contribution < -0.4 is 11.1 Å². The maximum absolute atomic E-state index is 11.6. The first-order chi connectivity index (χ1) is 6.49. The van der Waals surface area contributed by atoms with Gasteiger partial charge in [0.05, 0.1) is 6.04 Å². The summed E-state index contributed by atoms with van der Waals surface area (Å²) >= 11 is 0. The van der Waals surface area contributed by atoms with Gasteiger partial charge in [-0.2, -0.15) is 0 Å². The molecule has 0 aromatic rings. The minimum absolute atomic E-state index is 0.0797. The van der Waals surface area contributed by atoms with Gasteiger partial charge in [-0.15, -0.1) is 0 Å². The van der Waals surface area contributed by atoms with Crippen molar-refractivity contribution in [3.63, 3.8) is 0 Å². The molecule has 4 heteroatoms. The number of hydrogen-bond donors (Lipinski definition) is 2. The second-order valence-electron chi connectivity index (χ2n) is 3.96. The summed E-state index contributed by atoms with van der Waals surface area (Å²) in [5.41, 5.74) is 5.41. The van der Waals surface area contributed by atoms with E-state index < -0.39 is 0 Å². The number of nitrogens with zero attached hydrogens (tertiary/aromatic N) is 1. The molecule has 0 spiro atoms. The highest BCUT2D eigenvalue weighted by atomic mass is 16.2.